The molecule has 5 rings (SSSR count). The second kappa shape index (κ2) is 7.63. The van der Waals surface area contributed by atoms with Crippen LogP contribution in [0.4, 0.5) is 0 Å². The molecule has 1 saturated heterocycles. The van der Waals surface area contributed by atoms with E-state index in [4.69, 9.17) is 4.52 Å². The van der Waals surface area contributed by atoms with Crippen molar-refractivity contribution in [2.45, 2.75) is 45.8 Å². The Morgan fingerprint density at radius 3 is 2.77 bits per heavy atom. The summed E-state index contributed by atoms with van der Waals surface area (Å²) < 4.78 is 5.38. The van der Waals surface area contributed by atoms with E-state index in [-0.39, 0.29) is 24.5 Å². The van der Waals surface area contributed by atoms with E-state index in [0.717, 1.165) is 11.1 Å². The predicted octanol–water partition coefficient (Wildman–Crippen LogP) is 3.27. The van der Waals surface area contributed by atoms with Crippen molar-refractivity contribution in [3.8, 4) is 11.4 Å². The quantitative estimate of drug-likeness (QED) is 0.703. The number of hydrogen-bond donors (Lipinski definition) is 1. The molecule has 31 heavy (non-hydrogen) atoms. The van der Waals surface area contributed by atoms with E-state index in [9.17, 15) is 4.79 Å². The van der Waals surface area contributed by atoms with Crippen molar-refractivity contribution in [1.82, 2.24) is 25.6 Å². The molecule has 2 aliphatic rings. The zero-order valence-corrected chi connectivity index (χ0v) is 17.7. The monoisotopic (exact) mass is 416 g/mol. The fraction of sp³-hybridized carbons (Fsp3) is 0.304. The zero-order valence-electron chi connectivity index (χ0n) is 17.7. The van der Waals surface area contributed by atoms with Crippen LogP contribution in [0.1, 0.15) is 40.6 Å². The number of aromatic nitrogens is 2. The summed E-state index contributed by atoms with van der Waals surface area (Å²) in [5.74, 6) is 0.774. The number of hydrazine groups is 1. The maximum absolute atomic E-state index is 13.1. The number of benzene rings is 2. The van der Waals surface area contributed by atoms with E-state index >= 15 is 0 Å². The van der Waals surface area contributed by atoms with Gasteiger partial charge < -0.3 is 4.52 Å². The number of hydrogen-bond acceptors (Lipinski definition) is 7. The fourth-order valence-electron chi connectivity index (χ4n) is 4.22. The van der Waals surface area contributed by atoms with Gasteiger partial charge in [-0.3, -0.25) is 9.80 Å². The summed E-state index contributed by atoms with van der Waals surface area (Å²) in [6.45, 7) is 6.34. The van der Waals surface area contributed by atoms with E-state index in [0.29, 0.717) is 18.1 Å². The fourth-order valence-corrected chi connectivity index (χ4v) is 4.22. The number of nitrogens with zero attached hydrogens (tertiary/aromatic N) is 5. The molecule has 8 nitrogen and oxygen atoms in total. The average Bonchev–Trinajstić information content (AvgIpc) is 3.38. The lowest BCUT2D eigenvalue weighted by atomic mass is 9.96. The van der Waals surface area contributed by atoms with Gasteiger partial charge in [0.25, 0.3) is 5.91 Å². The molecule has 3 aromatic rings. The maximum atomic E-state index is 13.1. The van der Waals surface area contributed by atoms with Gasteiger partial charge in [0.1, 0.15) is 18.9 Å². The first-order valence-electron chi connectivity index (χ1n) is 10.3. The van der Waals surface area contributed by atoms with Crippen LogP contribution in [-0.4, -0.2) is 38.4 Å². The molecule has 2 atom stereocenters. The van der Waals surface area contributed by atoms with Crippen molar-refractivity contribution in [2.75, 3.05) is 0 Å². The van der Waals surface area contributed by atoms with Gasteiger partial charge >= 0.3 is 0 Å². The smallest absolute Gasteiger partial charge is 0.267 e. The van der Waals surface area contributed by atoms with Gasteiger partial charge in [0.15, 0.2) is 0 Å². The van der Waals surface area contributed by atoms with Crippen LogP contribution in [0, 0.1) is 20.8 Å². The van der Waals surface area contributed by atoms with Gasteiger partial charge in [-0.1, -0.05) is 52.7 Å². The normalized spacial score (nSPS) is 20.4. The Hall–Kier alpha value is -3.52. The number of carbonyl (C=O) groups is 1. The summed E-state index contributed by atoms with van der Waals surface area (Å²) in [7, 11) is 0. The number of amides is 1. The largest absolute Gasteiger partial charge is 0.337 e. The van der Waals surface area contributed by atoms with E-state index in [1.165, 1.54) is 21.7 Å². The minimum atomic E-state index is -0.317. The molecule has 158 valence electrons. The molecular formula is C23H24N6O2. The first-order chi connectivity index (χ1) is 15.0. The third-order valence-electron chi connectivity index (χ3n) is 5.78. The van der Waals surface area contributed by atoms with Gasteiger partial charge in [0.05, 0.1) is 6.04 Å². The highest BCUT2D eigenvalue weighted by Gasteiger charge is 2.41. The first-order valence-corrected chi connectivity index (χ1v) is 10.3. The van der Waals surface area contributed by atoms with Crippen LogP contribution in [0.3, 0.4) is 0 Å². The molecule has 0 spiro atoms. The Bertz CT molecular complexity index is 1170. The van der Waals surface area contributed by atoms with Crippen LogP contribution < -0.4 is 5.43 Å². The van der Waals surface area contributed by atoms with Gasteiger partial charge in [-0.2, -0.15) is 10.1 Å². The van der Waals surface area contributed by atoms with Crippen LogP contribution in [0.15, 0.2) is 52.1 Å². The standard InChI is InChI=1S/C23H24N6O2/c1-14-5-4-6-17(10-14)22-25-21(31-27-22)12-28-23(30)20-11-19(26-29(20)13-24-28)18-8-7-15(2)9-16(18)3/h4-10,13,19-20,26H,11-12H2,1-3H3. The lowest BCUT2D eigenvalue weighted by Gasteiger charge is -2.29. The molecule has 2 unspecified atom stereocenters. The van der Waals surface area contributed by atoms with Gasteiger partial charge in [-0.05, 0) is 44.4 Å². The second-order valence-electron chi connectivity index (χ2n) is 8.21. The Balaban J connectivity index is 1.30. The summed E-state index contributed by atoms with van der Waals surface area (Å²) in [4.78, 5) is 17.5. The first kappa shape index (κ1) is 19.4. The number of fused-ring (bicyclic) bond motifs is 1. The summed E-state index contributed by atoms with van der Waals surface area (Å²) in [6.07, 6.45) is 2.33. The van der Waals surface area contributed by atoms with Gasteiger partial charge in [-0.25, -0.2) is 10.4 Å². The lowest BCUT2D eigenvalue weighted by Crippen LogP contribution is -2.50. The number of nitrogens with one attached hydrogen (secondary N) is 1. The maximum Gasteiger partial charge on any atom is 0.267 e. The van der Waals surface area contributed by atoms with Gasteiger partial charge in [0, 0.05) is 5.56 Å². The van der Waals surface area contributed by atoms with E-state index in [1.54, 1.807) is 11.3 Å². The number of rotatable bonds is 4. The van der Waals surface area contributed by atoms with Crippen LogP contribution in [0.25, 0.3) is 11.4 Å². The molecule has 8 heteroatoms. The van der Waals surface area contributed by atoms with E-state index in [2.05, 4.69) is 52.7 Å². The highest BCUT2D eigenvalue weighted by atomic mass is 16.5. The van der Waals surface area contributed by atoms with Crippen molar-refractivity contribution >= 4 is 12.2 Å². The van der Waals surface area contributed by atoms with Gasteiger partial charge in [0.2, 0.25) is 11.7 Å². The number of aryl methyl sites for hydroxylation is 3. The van der Waals surface area contributed by atoms with Crippen LogP contribution >= 0.6 is 0 Å². The molecule has 1 N–H and O–H groups in total. The predicted molar refractivity (Wildman–Crippen MR) is 116 cm³/mol. The van der Waals surface area contributed by atoms with Crippen LogP contribution in [-0.2, 0) is 11.3 Å². The molecule has 0 radical (unpaired) electrons. The minimum absolute atomic E-state index is 0.0669. The molecular weight excluding hydrogens is 392 g/mol. The van der Waals surface area contributed by atoms with Crippen LogP contribution in [0.5, 0.6) is 0 Å². The topological polar surface area (TPSA) is 86.9 Å². The SMILES string of the molecule is Cc1cccc(-c2noc(CN3N=CN4NC(c5ccc(C)cc5C)CC4C3=O)n2)c1. The Morgan fingerprint density at radius 1 is 1.13 bits per heavy atom. The third kappa shape index (κ3) is 3.70. The molecule has 1 fully saturated rings. The number of hydrazone groups is 1. The second-order valence-corrected chi connectivity index (χ2v) is 8.21. The molecule has 2 aromatic carbocycles. The Kier molecular flexibility index (Phi) is 4.78. The Labute approximate surface area is 180 Å². The van der Waals surface area contributed by atoms with Crippen molar-refractivity contribution in [2.24, 2.45) is 5.10 Å². The highest BCUT2D eigenvalue weighted by Crippen LogP contribution is 2.32. The minimum Gasteiger partial charge on any atom is -0.337 e. The van der Waals surface area contributed by atoms with Crippen molar-refractivity contribution in [3.63, 3.8) is 0 Å². The molecule has 0 saturated carbocycles. The molecule has 3 heterocycles. The summed E-state index contributed by atoms with van der Waals surface area (Å²) in [5.41, 5.74) is 9.04. The van der Waals surface area contributed by atoms with Crippen molar-refractivity contribution in [1.29, 1.82) is 0 Å². The van der Waals surface area contributed by atoms with E-state index < -0.39 is 0 Å². The van der Waals surface area contributed by atoms with Crippen LogP contribution in [0.2, 0.25) is 0 Å². The molecule has 2 aliphatic heterocycles. The van der Waals surface area contributed by atoms with Crippen molar-refractivity contribution < 1.29 is 9.32 Å². The van der Waals surface area contributed by atoms with Crippen molar-refractivity contribution in [3.05, 3.63) is 70.6 Å². The lowest BCUT2D eigenvalue weighted by molar-refractivity contribution is -0.137. The molecule has 0 aliphatic carbocycles. The average molecular weight is 416 g/mol. The highest BCUT2D eigenvalue weighted by molar-refractivity contribution is 5.87. The summed E-state index contributed by atoms with van der Waals surface area (Å²) >= 11 is 0. The summed E-state index contributed by atoms with van der Waals surface area (Å²) in [6, 6.07) is 14.0. The number of carbonyl (C=O) groups excluding carboxylic acids is 1. The van der Waals surface area contributed by atoms with E-state index in [1.807, 2.05) is 31.2 Å². The summed E-state index contributed by atoms with van der Waals surface area (Å²) in [5, 5.41) is 11.6. The zero-order chi connectivity index (χ0) is 21.5. The molecule has 1 amide bonds. The molecule has 1 aromatic heterocycles. The van der Waals surface area contributed by atoms with Gasteiger partial charge in [-0.15, -0.1) is 0 Å². The molecule has 0 bridgehead atoms. The Morgan fingerprint density at radius 2 is 1.97 bits per heavy atom. The third-order valence-corrected chi connectivity index (χ3v) is 5.78.